The van der Waals surface area contributed by atoms with Crippen LogP contribution in [-0.4, -0.2) is 68.4 Å². The first-order valence-electron chi connectivity index (χ1n) is 10.5. The second kappa shape index (κ2) is 8.76. The molecule has 1 N–H and O–H groups in total. The van der Waals surface area contributed by atoms with E-state index in [1.807, 2.05) is 0 Å². The Kier molecular flexibility index (Phi) is 6.26. The van der Waals surface area contributed by atoms with Crippen molar-refractivity contribution < 1.29 is 27.1 Å². The Labute approximate surface area is 176 Å². The van der Waals surface area contributed by atoms with E-state index < -0.39 is 27.9 Å². The fraction of sp³-hybridized carbons (Fsp3) is 0.700. The van der Waals surface area contributed by atoms with Gasteiger partial charge in [0.25, 0.3) is 5.91 Å². The van der Waals surface area contributed by atoms with Gasteiger partial charge in [-0.1, -0.05) is 0 Å². The number of halogens is 1. The van der Waals surface area contributed by atoms with Gasteiger partial charge in [-0.2, -0.15) is 0 Å². The number of nitrogens with one attached hydrogen (secondary N) is 1. The van der Waals surface area contributed by atoms with Gasteiger partial charge in [0, 0.05) is 18.2 Å². The molecule has 2 atom stereocenters. The average Bonchev–Trinajstić information content (AvgIpc) is 2.71. The lowest BCUT2D eigenvalue weighted by atomic mass is 9.83. The third kappa shape index (κ3) is 4.92. The number of piperidine rings is 1. The summed E-state index contributed by atoms with van der Waals surface area (Å²) in [5.74, 6) is -0.265. The molecule has 1 saturated carbocycles. The molecule has 1 aliphatic carbocycles. The number of amides is 1. The Hall–Kier alpha value is -1.78. The lowest BCUT2D eigenvalue weighted by Crippen LogP contribution is -2.59. The molecule has 1 aromatic heterocycles. The smallest absolute Gasteiger partial charge is 0.260 e. The van der Waals surface area contributed by atoms with Crippen LogP contribution in [0.2, 0.25) is 0 Å². The Morgan fingerprint density at radius 2 is 2.00 bits per heavy atom. The van der Waals surface area contributed by atoms with Crippen LogP contribution in [-0.2, 0) is 19.6 Å². The number of sulfonamides is 1. The molecule has 4 aliphatic rings. The lowest BCUT2D eigenvalue weighted by Gasteiger charge is -2.41. The SMILES string of the molecule is CS(=O)(=O)N[C@H]1CCCN2C(=O)COc3ncc(F)cc3C3CCC(CC3)OC[C@@H]12. The van der Waals surface area contributed by atoms with E-state index >= 15 is 0 Å². The number of fused-ring (bicyclic) bond motifs is 5. The van der Waals surface area contributed by atoms with E-state index in [0.717, 1.165) is 38.1 Å². The third-order valence-corrected chi connectivity index (χ3v) is 6.99. The van der Waals surface area contributed by atoms with Crippen LogP contribution in [0, 0.1) is 5.82 Å². The van der Waals surface area contributed by atoms with Crippen LogP contribution in [0.5, 0.6) is 5.88 Å². The van der Waals surface area contributed by atoms with Crippen LogP contribution in [0.3, 0.4) is 0 Å². The van der Waals surface area contributed by atoms with E-state index in [-0.39, 0.29) is 31.1 Å². The van der Waals surface area contributed by atoms with Gasteiger partial charge >= 0.3 is 0 Å². The molecule has 30 heavy (non-hydrogen) atoms. The first kappa shape index (κ1) is 21.5. The second-order valence-electron chi connectivity index (χ2n) is 8.44. The van der Waals surface area contributed by atoms with Crippen molar-refractivity contribution in [2.24, 2.45) is 0 Å². The van der Waals surface area contributed by atoms with Gasteiger partial charge in [0.05, 0.1) is 31.2 Å². The molecule has 1 saturated heterocycles. The van der Waals surface area contributed by atoms with Gasteiger partial charge in [-0.3, -0.25) is 4.79 Å². The molecule has 0 aromatic carbocycles. The Bertz CT molecular complexity index is 888. The highest BCUT2D eigenvalue weighted by atomic mass is 32.2. The van der Waals surface area contributed by atoms with Crippen molar-refractivity contribution in [3.8, 4) is 5.88 Å². The first-order chi connectivity index (χ1) is 14.3. The fourth-order valence-corrected chi connectivity index (χ4v) is 5.65. The van der Waals surface area contributed by atoms with Gasteiger partial charge in [0.15, 0.2) is 6.61 Å². The molecule has 10 heteroatoms. The molecule has 5 rings (SSSR count). The summed E-state index contributed by atoms with van der Waals surface area (Å²) in [7, 11) is -3.42. The van der Waals surface area contributed by atoms with Crippen molar-refractivity contribution in [1.82, 2.24) is 14.6 Å². The molecule has 1 aromatic rings. The third-order valence-electron chi connectivity index (χ3n) is 6.26. The number of carbonyl (C=O) groups excluding carboxylic acids is 1. The number of nitrogens with zero attached hydrogens (tertiary/aromatic N) is 2. The molecular formula is C20H28FN3O5S. The molecule has 1 amide bonds. The van der Waals surface area contributed by atoms with Crippen LogP contribution in [0.1, 0.15) is 50.0 Å². The van der Waals surface area contributed by atoms with E-state index in [9.17, 15) is 17.6 Å². The van der Waals surface area contributed by atoms with Crippen molar-refractivity contribution in [3.05, 3.63) is 23.6 Å². The van der Waals surface area contributed by atoms with Crippen LogP contribution >= 0.6 is 0 Å². The minimum atomic E-state index is -3.42. The zero-order chi connectivity index (χ0) is 21.3. The van der Waals surface area contributed by atoms with Gasteiger partial charge in [0.1, 0.15) is 5.82 Å². The zero-order valence-electron chi connectivity index (χ0n) is 17.0. The normalized spacial score (nSPS) is 30.3. The number of hydrogen-bond acceptors (Lipinski definition) is 6. The van der Waals surface area contributed by atoms with Crippen molar-refractivity contribution in [1.29, 1.82) is 0 Å². The van der Waals surface area contributed by atoms with E-state index in [2.05, 4.69) is 9.71 Å². The van der Waals surface area contributed by atoms with Crippen molar-refractivity contribution in [3.63, 3.8) is 0 Å². The predicted octanol–water partition coefficient (Wildman–Crippen LogP) is 1.56. The Balaban J connectivity index is 1.62. The summed E-state index contributed by atoms with van der Waals surface area (Å²) in [6.45, 7) is 0.549. The average molecular weight is 442 g/mol. The molecule has 2 fully saturated rings. The van der Waals surface area contributed by atoms with E-state index in [4.69, 9.17) is 9.47 Å². The number of carbonyl (C=O) groups is 1. The Morgan fingerprint density at radius 1 is 1.23 bits per heavy atom. The largest absolute Gasteiger partial charge is 0.467 e. The van der Waals surface area contributed by atoms with Gasteiger partial charge in [-0.15, -0.1) is 0 Å². The maximum atomic E-state index is 13.8. The van der Waals surface area contributed by atoms with Crippen LogP contribution in [0.4, 0.5) is 4.39 Å². The summed E-state index contributed by atoms with van der Waals surface area (Å²) in [5.41, 5.74) is 0.701. The van der Waals surface area contributed by atoms with Gasteiger partial charge < -0.3 is 14.4 Å². The lowest BCUT2D eigenvalue weighted by molar-refractivity contribution is -0.140. The highest BCUT2D eigenvalue weighted by Crippen LogP contribution is 2.38. The highest BCUT2D eigenvalue weighted by Gasteiger charge is 2.37. The molecule has 0 unspecified atom stereocenters. The van der Waals surface area contributed by atoms with Crippen molar-refractivity contribution in [2.45, 2.75) is 62.6 Å². The zero-order valence-corrected chi connectivity index (χ0v) is 17.9. The van der Waals surface area contributed by atoms with Crippen LogP contribution < -0.4 is 9.46 Å². The van der Waals surface area contributed by atoms with Crippen molar-refractivity contribution in [2.75, 3.05) is 26.0 Å². The summed E-state index contributed by atoms with van der Waals surface area (Å²) < 4.78 is 52.1. The number of pyridine rings is 1. The van der Waals surface area contributed by atoms with Gasteiger partial charge in [-0.05, 0) is 50.5 Å². The molecule has 166 valence electrons. The van der Waals surface area contributed by atoms with E-state index in [1.165, 1.54) is 6.07 Å². The molecule has 2 bridgehead atoms. The molecule has 4 heterocycles. The molecule has 0 spiro atoms. The number of aromatic nitrogens is 1. The number of rotatable bonds is 2. The highest BCUT2D eigenvalue weighted by molar-refractivity contribution is 7.88. The maximum absolute atomic E-state index is 13.8. The van der Waals surface area contributed by atoms with Crippen LogP contribution in [0.15, 0.2) is 12.3 Å². The summed E-state index contributed by atoms with van der Waals surface area (Å²) in [5, 5.41) is 0. The minimum absolute atomic E-state index is 0.0330. The summed E-state index contributed by atoms with van der Waals surface area (Å²) in [6, 6.07) is 0.649. The number of hydrogen-bond donors (Lipinski definition) is 1. The molecular weight excluding hydrogens is 413 g/mol. The summed E-state index contributed by atoms with van der Waals surface area (Å²) >= 11 is 0. The van der Waals surface area contributed by atoms with E-state index in [1.54, 1.807) is 4.90 Å². The van der Waals surface area contributed by atoms with Gasteiger partial charge in [0.2, 0.25) is 15.9 Å². The minimum Gasteiger partial charge on any atom is -0.467 e. The fourth-order valence-electron chi connectivity index (χ4n) is 4.83. The van der Waals surface area contributed by atoms with E-state index in [0.29, 0.717) is 30.8 Å². The topological polar surface area (TPSA) is 97.8 Å². The summed E-state index contributed by atoms with van der Waals surface area (Å²) in [6.07, 6.45) is 6.84. The standard InChI is InChI=1S/C20H28FN3O5S/c1-30(26,27)23-17-3-2-8-24-18(17)11-28-15-6-4-13(5-7-15)16-9-14(21)10-22-20(16)29-12-19(24)25/h9-10,13,15,17-18,23H,2-8,11-12H2,1H3/t13?,15?,17-,18-/m0/s1. The molecule has 8 nitrogen and oxygen atoms in total. The van der Waals surface area contributed by atoms with Gasteiger partial charge in [-0.25, -0.2) is 22.5 Å². The molecule has 0 radical (unpaired) electrons. The van der Waals surface area contributed by atoms with Crippen molar-refractivity contribution >= 4 is 15.9 Å². The van der Waals surface area contributed by atoms with Crippen LogP contribution in [0.25, 0.3) is 0 Å². The second-order valence-corrected chi connectivity index (χ2v) is 10.2. The number of ether oxygens (including phenoxy) is 2. The Morgan fingerprint density at radius 3 is 2.73 bits per heavy atom. The monoisotopic (exact) mass is 441 g/mol. The molecule has 3 aliphatic heterocycles. The summed E-state index contributed by atoms with van der Waals surface area (Å²) in [4.78, 5) is 18.7. The maximum Gasteiger partial charge on any atom is 0.260 e. The first-order valence-corrected chi connectivity index (χ1v) is 12.4. The quantitative estimate of drug-likeness (QED) is 0.748. The predicted molar refractivity (Wildman–Crippen MR) is 107 cm³/mol.